The fourth-order valence-corrected chi connectivity index (χ4v) is 2.96. The molecule has 1 rings (SSSR count). The van der Waals surface area contributed by atoms with Crippen LogP contribution in [0.2, 0.25) is 0 Å². The van der Waals surface area contributed by atoms with Gasteiger partial charge in [0.1, 0.15) is 0 Å². The number of aliphatic hydroxyl groups excluding tert-OH is 1. The molecule has 2 atom stereocenters. The van der Waals surface area contributed by atoms with Crippen LogP contribution in [0.3, 0.4) is 0 Å². The van der Waals surface area contributed by atoms with Crippen molar-refractivity contribution in [2.24, 2.45) is 11.8 Å². The third-order valence-electron chi connectivity index (χ3n) is 2.76. The van der Waals surface area contributed by atoms with Gasteiger partial charge < -0.3 is 9.84 Å². The van der Waals surface area contributed by atoms with Gasteiger partial charge in [0.2, 0.25) is 10.0 Å². The summed E-state index contributed by atoms with van der Waals surface area (Å²) < 4.78 is 30.8. The Morgan fingerprint density at radius 1 is 1.50 bits per heavy atom. The van der Waals surface area contributed by atoms with Gasteiger partial charge >= 0.3 is 0 Å². The third kappa shape index (κ3) is 4.78. The summed E-state index contributed by atoms with van der Waals surface area (Å²) in [6, 6.07) is 0. The van der Waals surface area contributed by atoms with E-state index in [0.29, 0.717) is 13.2 Å². The molecule has 1 fully saturated rings. The maximum absolute atomic E-state index is 11.6. The lowest BCUT2D eigenvalue weighted by molar-refractivity contribution is 0.129. The average molecular weight is 251 g/mol. The maximum Gasteiger partial charge on any atom is 0.212 e. The SMILES string of the molecule is CC(C)[C@@H](O)CNS(=O)(=O)C[C@H]1CCOC1. The molecule has 0 radical (unpaired) electrons. The average Bonchev–Trinajstić information content (AvgIpc) is 2.65. The van der Waals surface area contributed by atoms with Crippen molar-refractivity contribution in [1.82, 2.24) is 4.72 Å². The van der Waals surface area contributed by atoms with Crippen LogP contribution in [0, 0.1) is 11.8 Å². The standard InChI is InChI=1S/C10H21NO4S/c1-8(2)10(12)5-11-16(13,14)7-9-3-4-15-6-9/h8-12H,3-7H2,1-2H3/t9-,10-/m0/s1. The first-order valence-corrected chi connectivity index (χ1v) is 7.29. The molecule has 1 saturated heterocycles. The number of nitrogens with one attached hydrogen (secondary N) is 1. The minimum atomic E-state index is -3.28. The highest BCUT2D eigenvalue weighted by molar-refractivity contribution is 7.89. The minimum Gasteiger partial charge on any atom is -0.391 e. The fraction of sp³-hybridized carbons (Fsp3) is 1.00. The second kappa shape index (κ2) is 5.95. The van der Waals surface area contributed by atoms with E-state index in [0.717, 1.165) is 6.42 Å². The number of aliphatic hydroxyl groups is 1. The molecule has 6 heteroatoms. The van der Waals surface area contributed by atoms with E-state index in [1.54, 1.807) is 0 Å². The van der Waals surface area contributed by atoms with E-state index in [4.69, 9.17) is 4.74 Å². The van der Waals surface area contributed by atoms with E-state index in [1.807, 2.05) is 13.8 Å². The molecule has 1 aliphatic heterocycles. The number of hydrogen-bond acceptors (Lipinski definition) is 4. The van der Waals surface area contributed by atoms with Crippen molar-refractivity contribution in [3.8, 4) is 0 Å². The summed E-state index contributed by atoms with van der Waals surface area (Å²) >= 11 is 0. The van der Waals surface area contributed by atoms with E-state index in [9.17, 15) is 13.5 Å². The number of ether oxygens (including phenoxy) is 1. The summed E-state index contributed by atoms with van der Waals surface area (Å²) in [5.74, 6) is 0.240. The molecule has 0 aliphatic carbocycles. The Morgan fingerprint density at radius 3 is 2.69 bits per heavy atom. The zero-order valence-electron chi connectivity index (χ0n) is 9.85. The molecule has 96 valence electrons. The quantitative estimate of drug-likeness (QED) is 0.694. The van der Waals surface area contributed by atoms with Gasteiger partial charge in [0.15, 0.2) is 0 Å². The van der Waals surface area contributed by atoms with Crippen LogP contribution < -0.4 is 4.72 Å². The first-order chi connectivity index (χ1) is 7.41. The largest absolute Gasteiger partial charge is 0.391 e. The van der Waals surface area contributed by atoms with Crippen molar-refractivity contribution in [1.29, 1.82) is 0 Å². The first-order valence-electron chi connectivity index (χ1n) is 5.64. The van der Waals surface area contributed by atoms with E-state index in [2.05, 4.69) is 4.72 Å². The molecule has 0 aromatic heterocycles. The summed E-state index contributed by atoms with van der Waals surface area (Å²) in [6.07, 6.45) is 0.169. The second-order valence-electron chi connectivity index (χ2n) is 4.67. The predicted octanol–water partition coefficient (Wildman–Crippen LogP) is -0.0408. The van der Waals surface area contributed by atoms with Gasteiger partial charge in [0, 0.05) is 13.2 Å². The molecule has 0 aromatic rings. The van der Waals surface area contributed by atoms with Crippen molar-refractivity contribution >= 4 is 10.0 Å². The van der Waals surface area contributed by atoms with Crippen LogP contribution in [0.1, 0.15) is 20.3 Å². The van der Waals surface area contributed by atoms with E-state index < -0.39 is 16.1 Å². The summed E-state index contributed by atoms with van der Waals surface area (Å²) in [4.78, 5) is 0. The summed E-state index contributed by atoms with van der Waals surface area (Å²) in [5, 5.41) is 9.50. The maximum atomic E-state index is 11.6. The Morgan fingerprint density at radius 2 is 2.19 bits per heavy atom. The molecule has 16 heavy (non-hydrogen) atoms. The molecule has 0 amide bonds. The number of hydrogen-bond donors (Lipinski definition) is 2. The minimum absolute atomic E-state index is 0.0533. The molecule has 5 nitrogen and oxygen atoms in total. The number of sulfonamides is 1. The fourth-order valence-electron chi connectivity index (χ4n) is 1.53. The van der Waals surface area contributed by atoms with Gasteiger partial charge in [-0.2, -0.15) is 0 Å². The smallest absolute Gasteiger partial charge is 0.212 e. The normalized spacial score (nSPS) is 23.9. The Balaban J connectivity index is 2.33. The van der Waals surface area contributed by atoms with E-state index in [1.165, 1.54) is 0 Å². The Kier molecular flexibility index (Phi) is 5.17. The van der Waals surface area contributed by atoms with Gasteiger partial charge in [-0.25, -0.2) is 13.1 Å². The molecule has 0 unspecified atom stereocenters. The molecular weight excluding hydrogens is 230 g/mol. The van der Waals surface area contributed by atoms with Crippen LogP contribution in [-0.2, 0) is 14.8 Å². The van der Waals surface area contributed by atoms with Crippen molar-refractivity contribution in [3.63, 3.8) is 0 Å². The predicted molar refractivity (Wildman–Crippen MR) is 61.6 cm³/mol. The molecule has 1 heterocycles. The van der Waals surface area contributed by atoms with Gasteiger partial charge in [-0.3, -0.25) is 0 Å². The van der Waals surface area contributed by atoms with Gasteiger partial charge in [-0.1, -0.05) is 13.8 Å². The van der Waals surface area contributed by atoms with Crippen molar-refractivity contribution in [3.05, 3.63) is 0 Å². The summed E-state index contributed by atoms with van der Waals surface area (Å²) in [5.41, 5.74) is 0. The lowest BCUT2D eigenvalue weighted by Gasteiger charge is -2.16. The molecule has 0 spiro atoms. The zero-order chi connectivity index (χ0) is 12.2. The van der Waals surface area contributed by atoms with Crippen LogP contribution in [0.25, 0.3) is 0 Å². The summed E-state index contributed by atoms with van der Waals surface area (Å²) in [7, 11) is -3.28. The summed E-state index contributed by atoms with van der Waals surface area (Å²) in [6.45, 7) is 4.96. The molecule has 2 N–H and O–H groups in total. The first kappa shape index (κ1) is 13.9. The monoisotopic (exact) mass is 251 g/mol. The van der Waals surface area contributed by atoms with Crippen LogP contribution >= 0.6 is 0 Å². The Bertz CT molecular complexity index is 296. The van der Waals surface area contributed by atoms with Gasteiger partial charge in [-0.15, -0.1) is 0 Å². The molecule has 1 aliphatic rings. The van der Waals surface area contributed by atoms with Crippen molar-refractivity contribution < 1.29 is 18.3 Å². The Hall–Kier alpha value is -0.170. The highest BCUT2D eigenvalue weighted by atomic mass is 32.2. The topological polar surface area (TPSA) is 75.6 Å². The molecule has 0 bridgehead atoms. The van der Waals surface area contributed by atoms with Crippen LogP contribution in [-0.4, -0.2) is 45.1 Å². The molecule has 0 saturated carbocycles. The van der Waals surface area contributed by atoms with Crippen LogP contribution in [0.5, 0.6) is 0 Å². The molecule has 0 aromatic carbocycles. The highest BCUT2D eigenvalue weighted by Crippen LogP contribution is 2.14. The second-order valence-corrected chi connectivity index (χ2v) is 6.52. The third-order valence-corrected chi connectivity index (χ3v) is 4.28. The van der Waals surface area contributed by atoms with Crippen LogP contribution in [0.4, 0.5) is 0 Å². The van der Waals surface area contributed by atoms with Gasteiger partial charge in [0.25, 0.3) is 0 Å². The van der Waals surface area contributed by atoms with E-state index >= 15 is 0 Å². The van der Waals surface area contributed by atoms with Crippen molar-refractivity contribution in [2.45, 2.75) is 26.4 Å². The Labute approximate surface area is 97.2 Å². The van der Waals surface area contributed by atoms with Crippen molar-refractivity contribution in [2.75, 3.05) is 25.5 Å². The van der Waals surface area contributed by atoms with Gasteiger partial charge in [-0.05, 0) is 18.3 Å². The lowest BCUT2D eigenvalue weighted by atomic mass is 10.1. The lowest BCUT2D eigenvalue weighted by Crippen LogP contribution is -2.37. The zero-order valence-corrected chi connectivity index (χ0v) is 10.7. The van der Waals surface area contributed by atoms with Crippen LogP contribution in [0.15, 0.2) is 0 Å². The molecular formula is C10H21NO4S. The van der Waals surface area contributed by atoms with Gasteiger partial charge in [0.05, 0.1) is 18.5 Å². The highest BCUT2D eigenvalue weighted by Gasteiger charge is 2.23. The number of rotatable bonds is 6. The van der Waals surface area contributed by atoms with E-state index in [-0.39, 0.29) is 24.1 Å².